The van der Waals surface area contributed by atoms with E-state index < -0.39 is 0 Å². The number of ether oxygens (including phenoxy) is 2. The van der Waals surface area contributed by atoms with Crippen LogP contribution in [0.3, 0.4) is 0 Å². The van der Waals surface area contributed by atoms with E-state index in [1.807, 2.05) is 16.6 Å². The van der Waals surface area contributed by atoms with Gasteiger partial charge in [-0.25, -0.2) is 0 Å². The second kappa shape index (κ2) is 6.75. The summed E-state index contributed by atoms with van der Waals surface area (Å²) in [5.41, 5.74) is 1.20. The fourth-order valence-electron chi connectivity index (χ4n) is 4.47. The Kier molecular flexibility index (Phi) is 4.26. The van der Waals surface area contributed by atoms with E-state index in [2.05, 4.69) is 20.8 Å². The van der Waals surface area contributed by atoms with Gasteiger partial charge in [0.2, 0.25) is 0 Å². The van der Waals surface area contributed by atoms with Crippen molar-refractivity contribution >= 4 is 11.5 Å². The van der Waals surface area contributed by atoms with E-state index in [0.29, 0.717) is 11.5 Å². The lowest BCUT2D eigenvalue weighted by Crippen LogP contribution is -2.31. The number of aromatic nitrogens is 4. The van der Waals surface area contributed by atoms with Gasteiger partial charge in [0.15, 0.2) is 11.5 Å². The van der Waals surface area contributed by atoms with Gasteiger partial charge in [0, 0.05) is 39.0 Å². The Morgan fingerprint density at radius 2 is 2.15 bits per heavy atom. The molecule has 3 fully saturated rings. The summed E-state index contributed by atoms with van der Waals surface area (Å²) in [6.07, 6.45) is 5.62. The Morgan fingerprint density at radius 3 is 3.00 bits per heavy atom. The van der Waals surface area contributed by atoms with Crippen molar-refractivity contribution in [1.82, 2.24) is 25.1 Å². The number of nitrogens with one attached hydrogen (secondary N) is 2. The average Bonchev–Trinajstić information content (AvgIpc) is 3.40. The molecule has 0 saturated carbocycles. The number of hydrogen-bond donors (Lipinski definition) is 2. The van der Waals surface area contributed by atoms with Gasteiger partial charge in [-0.1, -0.05) is 0 Å². The maximum atomic E-state index is 5.75. The molecule has 26 heavy (non-hydrogen) atoms. The SMILES string of the molecule is c1cc2nnc(C3CCCO3)n2nc1NCC1CC2(CCOCC2)CN1. The summed E-state index contributed by atoms with van der Waals surface area (Å²) in [4.78, 5) is 0. The number of nitrogens with zero attached hydrogens (tertiary/aromatic N) is 4. The second-order valence-corrected chi connectivity index (χ2v) is 7.82. The smallest absolute Gasteiger partial charge is 0.183 e. The molecule has 8 heteroatoms. The lowest BCUT2D eigenvalue weighted by molar-refractivity contribution is 0.0236. The highest BCUT2D eigenvalue weighted by molar-refractivity contribution is 5.44. The van der Waals surface area contributed by atoms with Crippen molar-refractivity contribution in [3.8, 4) is 0 Å². The van der Waals surface area contributed by atoms with Gasteiger partial charge in [-0.2, -0.15) is 4.52 Å². The highest BCUT2D eigenvalue weighted by Crippen LogP contribution is 2.38. The van der Waals surface area contributed by atoms with E-state index in [1.54, 1.807) is 0 Å². The van der Waals surface area contributed by atoms with Crippen LogP contribution in [0.4, 0.5) is 5.82 Å². The normalized spacial score (nSPS) is 28.2. The molecule has 2 unspecified atom stereocenters. The van der Waals surface area contributed by atoms with E-state index in [1.165, 1.54) is 19.3 Å². The van der Waals surface area contributed by atoms with Gasteiger partial charge in [-0.3, -0.25) is 0 Å². The summed E-state index contributed by atoms with van der Waals surface area (Å²) < 4.78 is 13.1. The van der Waals surface area contributed by atoms with Crippen LogP contribution in [0.25, 0.3) is 5.65 Å². The first kappa shape index (κ1) is 16.4. The fraction of sp³-hybridized carbons (Fsp3) is 0.722. The molecule has 0 bridgehead atoms. The minimum Gasteiger partial charge on any atom is -0.381 e. The molecule has 5 rings (SSSR count). The Bertz CT molecular complexity index is 766. The molecule has 2 aromatic heterocycles. The van der Waals surface area contributed by atoms with Gasteiger partial charge in [-0.15, -0.1) is 15.3 Å². The molecule has 140 valence electrons. The molecule has 3 aliphatic rings. The Balaban J connectivity index is 1.26. The maximum absolute atomic E-state index is 5.75. The zero-order valence-corrected chi connectivity index (χ0v) is 15.0. The van der Waals surface area contributed by atoms with Crippen LogP contribution >= 0.6 is 0 Å². The molecular weight excluding hydrogens is 332 g/mol. The molecule has 3 aliphatic heterocycles. The van der Waals surface area contributed by atoms with Crippen LogP contribution in [-0.2, 0) is 9.47 Å². The third-order valence-corrected chi connectivity index (χ3v) is 6.03. The number of fused-ring (bicyclic) bond motifs is 1. The number of rotatable bonds is 4. The number of hydrogen-bond acceptors (Lipinski definition) is 7. The molecule has 0 aromatic carbocycles. The summed E-state index contributed by atoms with van der Waals surface area (Å²) in [6.45, 7) is 4.57. The van der Waals surface area contributed by atoms with Crippen LogP contribution in [0, 0.1) is 5.41 Å². The highest BCUT2D eigenvalue weighted by atomic mass is 16.5. The van der Waals surface area contributed by atoms with Gasteiger partial charge < -0.3 is 20.1 Å². The Labute approximate surface area is 152 Å². The first-order valence-electron chi connectivity index (χ1n) is 9.70. The molecule has 1 spiro atoms. The Morgan fingerprint density at radius 1 is 1.23 bits per heavy atom. The zero-order valence-electron chi connectivity index (χ0n) is 15.0. The molecule has 0 aliphatic carbocycles. The van der Waals surface area contributed by atoms with Crippen molar-refractivity contribution in [3.63, 3.8) is 0 Å². The van der Waals surface area contributed by atoms with Crippen LogP contribution in [0.15, 0.2) is 12.1 Å². The van der Waals surface area contributed by atoms with Crippen LogP contribution < -0.4 is 10.6 Å². The summed E-state index contributed by atoms with van der Waals surface area (Å²) in [5, 5.41) is 20.4. The van der Waals surface area contributed by atoms with E-state index in [4.69, 9.17) is 14.6 Å². The standard InChI is InChI=1S/C18H26N6O2/c1-2-14(26-7-1)17-22-21-16-4-3-15(23-24(16)17)19-11-13-10-18(12-20-13)5-8-25-9-6-18/h3-4,13-14,20H,1-2,5-12H2,(H,19,23). The van der Waals surface area contributed by atoms with Crippen LogP contribution in [-0.4, -0.2) is 58.8 Å². The molecule has 2 aromatic rings. The van der Waals surface area contributed by atoms with Crippen molar-refractivity contribution < 1.29 is 9.47 Å². The van der Waals surface area contributed by atoms with E-state index in [0.717, 1.165) is 63.0 Å². The first-order valence-corrected chi connectivity index (χ1v) is 9.70. The lowest BCUT2D eigenvalue weighted by Gasteiger charge is -2.32. The van der Waals surface area contributed by atoms with E-state index in [9.17, 15) is 0 Å². The first-order chi connectivity index (χ1) is 12.8. The largest absolute Gasteiger partial charge is 0.381 e. The summed E-state index contributed by atoms with van der Waals surface area (Å²) in [6, 6.07) is 4.41. The van der Waals surface area contributed by atoms with Crippen molar-refractivity contribution in [3.05, 3.63) is 18.0 Å². The van der Waals surface area contributed by atoms with Gasteiger partial charge in [0.25, 0.3) is 0 Å². The average molecular weight is 358 g/mol. The zero-order chi connectivity index (χ0) is 17.4. The van der Waals surface area contributed by atoms with Gasteiger partial charge >= 0.3 is 0 Å². The van der Waals surface area contributed by atoms with Crippen LogP contribution in [0.2, 0.25) is 0 Å². The molecule has 0 amide bonds. The van der Waals surface area contributed by atoms with Gasteiger partial charge in [0.1, 0.15) is 11.9 Å². The highest BCUT2D eigenvalue weighted by Gasteiger charge is 2.39. The summed E-state index contributed by atoms with van der Waals surface area (Å²) >= 11 is 0. The molecule has 8 nitrogen and oxygen atoms in total. The van der Waals surface area contributed by atoms with Crippen molar-refractivity contribution in [2.45, 2.75) is 44.2 Å². The van der Waals surface area contributed by atoms with Crippen molar-refractivity contribution in [2.24, 2.45) is 5.41 Å². The third kappa shape index (κ3) is 3.06. The lowest BCUT2D eigenvalue weighted by atomic mass is 9.78. The number of anilines is 1. The molecule has 5 heterocycles. The van der Waals surface area contributed by atoms with Crippen LogP contribution in [0.5, 0.6) is 0 Å². The van der Waals surface area contributed by atoms with E-state index >= 15 is 0 Å². The third-order valence-electron chi connectivity index (χ3n) is 6.03. The Hall–Kier alpha value is -1.77. The quantitative estimate of drug-likeness (QED) is 0.857. The van der Waals surface area contributed by atoms with Crippen molar-refractivity contribution in [2.75, 3.05) is 38.2 Å². The summed E-state index contributed by atoms with van der Waals surface area (Å²) in [5.74, 6) is 1.66. The topological polar surface area (TPSA) is 85.6 Å². The molecule has 3 saturated heterocycles. The molecule has 0 radical (unpaired) electrons. The van der Waals surface area contributed by atoms with E-state index in [-0.39, 0.29) is 6.10 Å². The second-order valence-electron chi connectivity index (χ2n) is 7.82. The van der Waals surface area contributed by atoms with Gasteiger partial charge in [-0.05, 0) is 49.7 Å². The van der Waals surface area contributed by atoms with Gasteiger partial charge in [0.05, 0.1) is 0 Å². The molecule has 2 N–H and O–H groups in total. The maximum Gasteiger partial charge on any atom is 0.183 e. The minimum atomic E-state index is 0.0117. The molecular formula is C18H26N6O2. The summed E-state index contributed by atoms with van der Waals surface area (Å²) in [7, 11) is 0. The van der Waals surface area contributed by atoms with Crippen LogP contribution in [0.1, 0.15) is 44.0 Å². The predicted octanol–water partition coefficient (Wildman–Crippen LogP) is 1.55. The minimum absolute atomic E-state index is 0.0117. The van der Waals surface area contributed by atoms with Crippen molar-refractivity contribution in [1.29, 1.82) is 0 Å². The monoisotopic (exact) mass is 358 g/mol. The fourth-order valence-corrected chi connectivity index (χ4v) is 4.47. The molecule has 2 atom stereocenters. The predicted molar refractivity (Wildman–Crippen MR) is 96.1 cm³/mol.